The summed E-state index contributed by atoms with van der Waals surface area (Å²) in [6, 6.07) is 4.04. The Hall–Kier alpha value is -1.76. The molecule has 0 radical (unpaired) electrons. The summed E-state index contributed by atoms with van der Waals surface area (Å²) in [4.78, 5) is 0. The number of aromatic nitrogens is 5. The molecule has 0 aliphatic heterocycles. The van der Waals surface area contributed by atoms with Crippen molar-refractivity contribution in [1.82, 2.24) is 25.3 Å². The van der Waals surface area contributed by atoms with E-state index in [-0.39, 0.29) is 0 Å². The van der Waals surface area contributed by atoms with Gasteiger partial charge in [0.1, 0.15) is 5.82 Å². The summed E-state index contributed by atoms with van der Waals surface area (Å²) in [5.74, 6) is 1.32. The second-order valence-electron chi connectivity index (χ2n) is 4.83. The van der Waals surface area contributed by atoms with Gasteiger partial charge < -0.3 is 11.1 Å². The highest BCUT2D eigenvalue weighted by molar-refractivity contribution is 5.42. The lowest BCUT2D eigenvalue weighted by Crippen LogP contribution is -2.37. The van der Waals surface area contributed by atoms with Gasteiger partial charge in [0.15, 0.2) is 5.65 Å². The van der Waals surface area contributed by atoms with Crippen molar-refractivity contribution >= 4 is 11.5 Å². The maximum atomic E-state index is 6.12. The van der Waals surface area contributed by atoms with Gasteiger partial charge in [-0.25, -0.2) is 0 Å². The lowest BCUT2D eigenvalue weighted by molar-refractivity contribution is 0.321. The quantitative estimate of drug-likeness (QED) is 0.817. The van der Waals surface area contributed by atoms with E-state index in [1.807, 2.05) is 12.1 Å². The van der Waals surface area contributed by atoms with Gasteiger partial charge in [-0.2, -0.15) is 0 Å². The van der Waals surface area contributed by atoms with Crippen molar-refractivity contribution in [3.05, 3.63) is 12.1 Å². The maximum Gasteiger partial charge on any atom is 0.200 e. The summed E-state index contributed by atoms with van der Waals surface area (Å²) in [6.07, 6.45) is 4.86. The Bertz CT molecular complexity index is 523. The molecule has 1 aliphatic rings. The molecule has 0 bridgehead atoms. The SMILES string of the molecule is NC1CCCCC1CNc1ccc2nnnn2n1. The number of tetrazole rings is 1. The molecule has 2 unspecified atom stereocenters. The Morgan fingerprint density at radius 3 is 3.11 bits per heavy atom. The summed E-state index contributed by atoms with van der Waals surface area (Å²) in [5, 5.41) is 18.7. The summed E-state index contributed by atoms with van der Waals surface area (Å²) in [6.45, 7) is 0.863. The fourth-order valence-electron chi connectivity index (χ4n) is 2.47. The first kappa shape index (κ1) is 11.3. The van der Waals surface area contributed by atoms with Crippen molar-refractivity contribution in [2.75, 3.05) is 11.9 Å². The molecule has 0 spiro atoms. The topological polar surface area (TPSA) is 94.0 Å². The molecule has 7 heteroatoms. The zero-order chi connectivity index (χ0) is 12.4. The van der Waals surface area contributed by atoms with Crippen LogP contribution in [0.5, 0.6) is 0 Å². The van der Waals surface area contributed by atoms with Crippen LogP contribution >= 0.6 is 0 Å². The van der Waals surface area contributed by atoms with E-state index in [1.165, 1.54) is 23.9 Å². The van der Waals surface area contributed by atoms with Crippen molar-refractivity contribution in [1.29, 1.82) is 0 Å². The molecule has 96 valence electrons. The fourth-order valence-corrected chi connectivity index (χ4v) is 2.47. The van der Waals surface area contributed by atoms with Gasteiger partial charge in [0.05, 0.1) is 0 Å². The molecule has 3 N–H and O–H groups in total. The molecule has 0 amide bonds. The summed E-state index contributed by atoms with van der Waals surface area (Å²) in [5.41, 5.74) is 6.77. The summed E-state index contributed by atoms with van der Waals surface area (Å²) < 4.78 is 1.42. The molecular formula is C11H17N7. The number of anilines is 1. The molecule has 3 rings (SSSR count). The van der Waals surface area contributed by atoms with Gasteiger partial charge in [-0.05, 0) is 41.3 Å². The molecule has 2 aromatic rings. The highest BCUT2D eigenvalue weighted by Crippen LogP contribution is 2.23. The van der Waals surface area contributed by atoms with Crippen molar-refractivity contribution in [3.8, 4) is 0 Å². The molecule has 0 aromatic carbocycles. The first-order valence-corrected chi connectivity index (χ1v) is 6.38. The van der Waals surface area contributed by atoms with Crippen LogP contribution in [0.15, 0.2) is 12.1 Å². The first-order valence-electron chi connectivity index (χ1n) is 6.38. The average molecular weight is 247 g/mol. The van der Waals surface area contributed by atoms with Crippen LogP contribution < -0.4 is 11.1 Å². The predicted octanol–water partition coefficient (Wildman–Crippen LogP) is 0.449. The Balaban J connectivity index is 1.65. The molecule has 2 heterocycles. The predicted molar refractivity (Wildman–Crippen MR) is 67.0 cm³/mol. The molecule has 2 atom stereocenters. The largest absolute Gasteiger partial charge is 0.368 e. The van der Waals surface area contributed by atoms with Crippen molar-refractivity contribution in [3.63, 3.8) is 0 Å². The normalized spacial score (nSPS) is 24.3. The molecule has 1 aliphatic carbocycles. The second-order valence-corrected chi connectivity index (χ2v) is 4.83. The smallest absolute Gasteiger partial charge is 0.200 e. The minimum Gasteiger partial charge on any atom is -0.368 e. The van der Waals surface area contributed by atoms with Crippen molar-refractivity contribution < 1.29 is 0 Å². The second kappa shape index (κ2) is 4.85. The third-order valence-corrected chi connectivity index (χ3v) is 3.58. The van der Waals surface area contributed by atoms with Crippen molar-refractivity contribution in [2.45, 2.75) is 31.7 Å². The van der Waals surface area contributed by atoms with Gasteiger partial charge in [0.25, 0.3) is 0 Å². The van der Waals surface area contributed by atoms with Crippen LogP contribution in [0, 0.1) is 5.92 Å². The Labute approximate surface area is 105 Å². The van der Waals surface area contributed by atoms with Gasteiger partial charge in [-0.3, -0.25) is 0 Å². The van der Waals surface area contributed by atoms with E-state index in [1.54, 1.807) is 0 Å². The third-order valence-electron chi connectivity index (χ3n) is 3.58. The van der Waals surface area contributed by atoms with Crippen LogP contribution in [0.2, 0.25) is 0 Å². The Morgan fingerprint density at radius 2 is 2.22 bits per heavy atom. The zero-order valence-electron chi connectivity index (χ0n) is 10.2. The van der Waals surface area contributed by atoms with E-state index in [9.17, 15) is 0 Å². The van der Waals surface area contributed by atoms with E-state index in [2.05, 4.69) is 25.9 Å². The zero-order valence-corrected chi connectivity index (χ0v) is 10.2. The molecule has 7 nitrogen and oxygen atoms in total. The van der Waals surface area contributed by atoms with Crippen LogP contribution in [-0.4, -0.2) is 37.8 Å². The van der Waals surface area contributed by atoms with Crippen LogP contribution in [0.3, 0.4) is 0 Å². The lowest BCUT2D eigenvalue weighted by atomic mass is 9.85. The first-order chi connectivity index (χ1) is 8.83. The minimum atomic E-state index is 0.308. The lowest BCUT2D eigenvalue weighted by Gasteiger charge is -2.28. The van der Waals surface area contributed by atoms with Crippen LogP contribution in [-0.2, 0) is 0 Å². The molecule has 0 saturated heterocycles. The number of rotatable bonds is 3. The molecule has 2 aromatic heterocycles. The molecular weight excluding hydrogens is 230 g/mol. The Kier molecular flexibility index (Phi) is 3.06. The third kappa shape index (κ3) is 2.26. The van der Waals surface area contributed by atoms with Gasteiger partial charge in [-0.15, -0.1) is 14.8 Å². The van der Waals surface area contributed by atoms with Crippen LogP contribution in [0.1, 0.15) is 25.7 Å². The summed E-state index contributed by atoms with van der Waals surface area (Å²) in [7, 11) is 0. The molecule has 1 fully saturated rings. The number of nitrogens with two attached hydrogens (primary N) is 1. The fraction of sp³-hybridized carbons (Fsp3) is 0.636. The van der Waals surface area contributed by atoms with Gasteiger partial charge in [0.2, 0.25) is 0 Å². The van der Waals surface area contributed by atoms with Crippen LogP contribution in [0.4, 0.5) is 5.82 Å². The number of nitrogens with one attached hydrogen (secondary N) is 1. The standard InChI is InChI=1S/C11H17N7/c12-9-4-2-1-3-8(9)7-13-10-5-6-11-14-16-17-18(11)15-10/h5-6,8-9H,1-4,7,12H2,(H,13,15). The Morgan fingerprint density at radius 1 is 1.33 bits per heavy atom. The highest BCUT2D eigenvalue weighted by Gasteiger charge is 2.21. The summed E-state index contributed by atoms with van der Waals surface area (Å²) >= 11 is 0. The number of hydrogen-bond acceptors (Lipinski definition) is 6. The van der Waals surface area contributed by atoms with E-state index in [4.69, 9.17) is 5.73 Å². The van der Waals surface area contributed by atoms with Crippen LogP contribution in [0.25, 0.3) is 5.65 Å². The van der Waals surface area contributed by atoms with E-state index in [0.717, 1.165) is 18.8 Å². The maximum absolute atomic E-state index is 6.12. The average Bonchev–Trinajstić information content (AvgIpc) is 2.85. The highest BCUT2D eigenvalue weighted by atomic mass is 15.6. The van der Waals surface area contributed by atoms with Gasteiger partial charge in [-0.1, -0.05) is 12.8 Å². The van der Waals surface area contributed by atoms with Crippen molar-refractivity contribution in [2.24, 2.45) is 11.7 Å². The van der Waals surface area contributed by atoms with E-state index >= 15 is 0 Å². The monoisotopic (exact) mass is 247 g/mol. The number of fused-ring (bicyclic) bond motifs is 1. The minimum absolute atomic E-state index is 0.308. The number of nitrogens with zero attached hydrogens (tertiary/aromatic N) is 5. The molecule has 18 heavy (non-hydrogen) atoms. The van der Waals surface area contributed by atoms with E-state index < -0.39 is 0 Å². The van der Waals surface area contributed by atoms with Gasteiger partial charge >= 0.3 is 0 Å². The van der Waals surface area contributed by atoms with E-state index in [0.29, 0.717) is 17.6 Å². The number of hydrogen-bond donors (Lipinski definition) is 2. The molecule has 1 saturated carbocycles. The van der Waals surface area contributed by atoms with Gasteiger partial charge in [0, 0.05) is 12.6 Å².